The van der Waals surface area contributed by atoms with E-state index in [2.05, 4.69) is 4.98 Å². The second-order valence-electron chi connectivity index (χ2n) is 5.72. The number of aromatic nitrogens is 2. The van der Waals surface area contributed by atoms with Crippen LogP contribution in [0, 0.1) is 0 Å². The summed E-state index contributed by atoms with van der Waals surface area (Å²) in [6.45, 7) is 0. The van der Waals surface area contributed by atoms with E-state index >= 15 is 0 Å². The molecule has 1 N–H and O–H groups in total. The van der Waals surface area contributed by atoms with Gasteiger partial charge in [0.05, 0.1) is 11.4 Å². The molecule has 126 valence electrons. The van der Waals surface area contributed by atoms with Crippen molar-refractivity contribution in [2.24, 2.45) is 0 Å². The van der Waals surface area contributed by atoms with Gasteiger partial charge in [0, 0.05) is 23.4 Å². The van der Waals surface area contributed by atoms with Crippen molar-refractivity contribution in [3.05, 3.63) is 91.1 Å². The summed E-state index contributed by atoms with van der Waals surface area (Å²) < 4.78 is 5.80. The SMILES string of the molecule is Oc1ccccc1-c1cccc(-c2cccc(Oc3ccccn3)c2)n1. The van der Waals surface area contributed by atoms with E-state index < -0.39 is 0 Å². The molecule has 26 heavy (non-hydrogen) atoms. The molecule has 0 saturated carbocycles. The van der Waals surface area contributed by atoms with Crippen molar-refractivity contribution in [2.75, 3.05) is 0 Å². The number of rotatable bonds is 4. The first kappa shape index (κ1) is 15.8. The maximum atomic E-state index is 10.1. The van der Waals surface area contributed by atoms with Gasteiger partial charge in [0.2, 0.25) is 5.88 Å². The number of nitrogens with zero attached hydrogens (tertiary/aromatic N) is 2. The van der Waals surface area contributed by atoms with Crippen LogP contribution >= 0.6 is 0 Å². The van der Waals surface area contributed by atoms with Crippen LogP contribution in [0.25, 0.3) is 22.5 Å². The molecule has 0 atom stereocenters. The van der Waals surface area contributed by atoms with Crippen molar-refractivity contribution >= 4 is 0 Å². The van der Waals surface area contributed by atoms with Crippen molar-refractivity contribution < 1.29 is 9.84 Å². The minimum atomic E-state index is 0.212. The molecule has 0 radical (unpaired) electrons. The van der Waals surface area contributed by atoms with Gasteiger partial charge in [0.25, 0.3) is 0 Å². The van der Waals surface area contributed by atoms with Crippen LogP contribution in [0.4, 0.5) is 0 Å². The molecule has 0 bridgehead atoms. The topological polar surface area (TPSA) is 55.2 Å². The van der Waals surface area contributed by atoms with Gasteiger partial charge in [-0.3, -0.25) is 0 Å². The highest BCUT2D eigenvalue weighted by Gasteiger charge is 2.08. The van der Waals surface area contributed by atoms with Crippen LogP contribution in [-0.2, 0) is 0 Å². The minimum Gasteiger partial charge on any atom is -0.507 e. The van der Waals surface area contributed by atoms with E-state index in [1.165, 1.54) is 0 Å². The van der Waals surface area contributed by atoms with Crippen molar-refractivity contribution in [3.63, 3.8) is 0 Å². The van der Waals surface area contributed by atoms with Gasteiger partial charge in [0.15, 0.2) is 0 Å². The summed E-state index contributed by atoms with van der Waals surface area (Å²) in [4.78, 5) is 8.87. The molecule has 4 heteroatoms. The first-order valence-electron chi connectivity index (χ1n) is 8.24. The quantitative estimate of drug-likeness (QED) is 0.547. The van der Waals surface area contributed by atoms with Crippen LogP contribution in [0.3, 0.4) is 0 Å². The maximum Gasteiger partial charge on any atom is 0.219 e. The lowest BCUT2D eigenvalue weighted by Gasteiger charge is -2.09. The van der Waals surface area contributed by atoms with Crippen LogP contribution in [0.1, 0.15) is 0 Å². The summed E-state index contributed by atoms with van der Waals surface area (Å²) in [6, 6.07) is 26.2. The molecular formula is C22H16N2O2. The molecule has 0 aliphatic heterocycles. The van der Waals surface area contributed by atoms with Crippen LogP contribution in [0.15, 0.2) is 91.1 Å². The summed E-state index contributed by atoms with van der Waals surface area (Å²) in [5.74, 6) is 1.45. The van der Waals surface area contributed by atoms with E-state index in [4.69, 9.17) is 9.72 Å². The van der Waals surface area contributed by atoms with E-state index in [-0.39, 0.29) is 5.75 Å². The lowest BCUT2D eigenvalue weighted by molar-refractivity contribution is 0.463. The third-order valence-corrected chi connectivity index (χ3v) is 3.92. The minimum absolute atomic E-state index is 0.212. The molecule has 4 aromatic rings. The lowest BCUT2D eigenvalue weighted by Crippen LogP contribution is -1.90. The number of phenols is 1. The molecule has 0 fully saturated rings. The van der Waals surface area contributed by atoms with E-state index in [1.807, 2.05) is 72.8 Å². The van der Waals surface area contributed by atoms with Crippen molar-refractivity contribution in [1.29, 1.82) is 0 Å². The first-order valence-corrected chi connectivity index (χ1v) is 8.24. The first-order chi connectivity index (χ1) is 12.8. The van der Waals surface area contributed by atoms with Crippen molar-refractivity contribution in [3.8, 4) is 39.9 Å². The number of para-hydroxylation sites is 1. The Balaban J connectivity index is 1.67. The predicted molar refractivity (Wildman–Crippen MR) is 101 cm³/mol. The fourth-order valence-electron chi connectivity index (χ4n) is 2.68. The largest absolute Gasteiger partial charge is 0.507 e. The fourth-order valence-corrected chi connectivity index (χ4v) is 2.68. The Morgan fingerprint density at radius 2 is 1.54 bits per heavy atom. The molecule has 0 aliphatic rings. The Hall–Kier alpha value is -3.66. The summed E-state index contributed by atoms with van der Waals surface area (Å²) in [7, 11) is 0. The van der Waals surface area contributed by atoms with E-state index in [0.29, 0.717) is 17.2 Å². The Morgan fingerprint density at radius 3 is 2.38 bits per heavy atom. The Morgan fingerprint density at radius 1 is 0.731 bits per heavy atom. The maximum absolute atomic E-state index is 10.1. The van der Waals surface area contributed by atoms with Gasteiger partial charge >= 0.3 is 0 Å². The second kappa shape index (κ2) is 7.07. The van der Waals surface area contributed by atoms with E-state index in [1.54, 1.807) is 18.3 Å². The molecule has 0 unspecified atom stereocenters. The average Bonchev–Trinajstić information content (AvgIpc) is 2.69. The van der Waals surface area contributed by atoms with Gasteiger partial charge in [-0.15, -0.1) is 0 Å². The third kappa shape index (κ3) is 3.39. The molecule has 4 nitrogen and oxygen atoms in total. The highest BCUT2D eigenvalue weighted by atomic mass is 16.5. The van der Waals surface area contributed by atoms with Crippen molar-refractivity contribution in [1.82, 2.24) is 9.97 Å². The van der Waals surface area contributed by atoms with Gasteiger partial charge < -0.3 is 9.84 Å². The monoisotopic (exact) mass is 340 g/mol. The number of benzene rings is 2. The molecule has 0 amide bonds. The van der Waals surface area contributed by atoms with E-state index in [0.717, 1.165) is 17.0 Å². The Labute approximate surface area is 151 Å². The summed E-state index contributed by atoms with van der Waals surface area (Å²) in [5, 5.41) is 10.1. The lowest BCUT2D eigenvalue weighted by atomic mass is 10.1. The van der Waals surface area contributed by atoms with Gasteiger partial charge in [-0.05, 0) is 42.5 Å². The van der Waals surface area contributed by atoms with Crippen LogP contribution in [0.5, 0.6) is 17.4 Å². The molecule has 2 aromatic heterocycles. The highest BCUT2D eigenvalue weighted by Crippen LogP contribution is 2.30. The number of aromatic hydroxyl groups is 1. The Bertz CT molecular complexity index is 1030. The van der Waals surface area contributed by atoms with Crippen molar-refractivity contribution in [2.45, 2.75) is 0 Å². The molecule has 0 saturated heterocycles. The Kier molecular flexibility index (Phi) is 4.31. The number of ether oxygens (including phenoxy) is 1. The second-order valence-corrected chi connectivity index (χ2v) is 5.72. The van der Waals surface area contributed by atoms with Gasteiger partial charge in [-0.25, -0.2) is 9.97 Å². The third-order valence-electron chi connectivity index (χ3n) is 3.92. The average molecular weight is 340 g/mol. The highest BCUT2D eigenvalue weighted by molar-refractivity contribution is 5.70. The molecule has 0 spiro atoms. The zero-order valence-corrected chi connectivity index (χ0v) is 13.9. The summed E-state index contributed by atoms with van der Waals surface area (Å²) >= 11 is 0. The normalized spacial score (nSPS) is 10.5. The molecular weight excluding hydrogens is 324 g/mol. The van der Waals surface area contributed by atoms with Gasteiger partial charge in [0.1, 0.15) is 11.5 Å². The number of phenolic OH excluding ortho intramolecular Hbond substituents is 1. The van der Waals surface area contributed by atoms with Crippen LogP contribution < -0.4 is 4.74 Å². The predicted octanol–water partition coefficient (Wildman–Crippen LogP) is 5.31. The zero-order chi connectivity index (χ0) is 17.8. The fraction of sp³-hybridized carbons (Fsp3) is 0. The van der Waals surface area contributed by atoms with E-state index in [9.17, 15) is 5.11 Å². The molecule has 2 aromatic carbocycles. The van der Waals surface area contributed by atoms with Crippen LogP contribution in [0.2, 0.25) is 0 Å². The molecule has 0 aliphatic carbocycles. The van der Waals surface area contributed by atoms with Gasteiger partial charge in [-0.1, -0.05) is 36.4 Å². The standard InChI is InChI=1S/C22H16N2O2/c25-21-12-2-1-9-18(21)20-11-6-10-19(24-20)16-7-5-8-17(15-16)26-22-13-3-4-14-23-22/h1-15,25H. The molecule has 4 rings (SSSR count). The number of hydrogen-bond donors (Lipinski definition) is 1. The molecule has 2 heterocycles. The van der Waals surface area contributed by atoms with Crippen LogP contribution in [-0.4, -0.2) is 15.1 Å². The zero-order valence-electron chi connectivity index (χ0n) is 13.9. The smallest absolute Gasteiger partial charge is 0.219 e. The number of hydrogen-bond acceptors (Lipinski definition) is 4. The summed E-state index contributed by atoms with van der Waals surface area (Å²) in [5.41, 5.74) is 3.15. The van der Waals surface area contributed by atoms with Gasteiger partial charge in [-0.2, -0.15) is 0 Å². The number of pyridine rings is 2. The summed E-state index contributed by atoms with van der Waals surface area (Å²) in [6.07, 6.45) is 1.69.